The molecule has 2 aliphatic rings. The Hall–Kier alpha value is -1.26. The van der Waals surface area contributed by atoms with Gasteiger partial charge in [0.2, 0.25) is 0 Å². The van der Waals surface area contributed by atoms with Crippen LogP contribution in [-0.2, 0) is 4.79 Å². The third kappa shape index (κ3) is 2.63. The third-order valence-electron chi connectivity index (χ3n) is 5.22. The molecule has 1 unspecified atom stereocenters. The van der Waals surface area contributed by atoms with E-state index in [2.05, 4.69) is 6.92 Å². The lowest BCUT2D eigenvalue weighted by molar-refractivity contribution is -0.152. The Balaban J connectivity index is 1.96. The molecule has 20 heavy (non-hydrogen) atoms. The number of nitrogens with zero attached hydrogens (tertiary/aromatic N) is 2. The number of carboxylic acid groups (broad SMARTS) is 1. The number of amides is 2. The van der Waals surface area contributed by atoms with Gasteiger partial charge >= 0.3 is 12.0 Å². The summed E-state index contributed by atoms with van der Waals surface area (Å²) in [5.41, 5.74) is -0.619. The van der Waals surface area contributed by atoms with E-state index in [1.165, 1.54) is 0 Å². The molecule has 0 aliphatic carbocycles. The lowest BCUT2D eigenvalue weighted by Crippen LogP contribution is -2.51. The molecule has 1 N–H and O–H groups in total. The molecule has 2 aliphatic heterocycles. The van der Waals surface area contributed by atoms with Crippen molar-refractivity contribution in [1.29, 1.82) is 0 Å². The maximum atomic E-state index is 12.5. The van der Waals surface area contributed by atoms with Crippen molar-refractivity contribution in [3.05, 3.63) is 0 Å². The number of urea groups is 1. The van der Waals surface area contributed by atoms with Gasteiger partial charge in [-0.3, -0.25) is 4.79 Å². The summed E-state index contributed by atoms with van der Waals surface area (Å²) in [6.07, 6.45) is 5.00. The second-order valence-corrected chi connectivity index (χ2v) is 6.11. The summed E-state index contributed by atoms with van der Waals surface area (Å²) in [7, 11) is 0. The van der Waals surface area contributed by atoms with Crippen LogP contribution in [0.25, 0.3) is 0 Å². The Morgan fingerprint density at radius 1 is 1.20 bits per heavy atom. The van der Waals surface area contributed by atoms with Gasteiger partial charge in [0, 0.05) is 25.7 Å². The number of carboxylic acids is 1. The van der Waals surface area contributed by atoms with Crippen LogP contribution in [0.3, 0.4) is 0 Å². The highest BCUT2D eigenvalue weighted by Gasteiger charge is 2.42. The van der Waals surface area contributed by atoms with Gasteiger partial charge in [0.05, 0.1) is 5.41 Å². The molecule has 2 saturated heterocycles. The zero-order valence-corrected chi connectivity index (χ0v) is 12.6. The zero-order chi connectivity index (χ0) is 14.8. The monoisotopic (exact) mass is 282 g/mol. The first-order valence-electron chi connectivity index (χ1n) is 7.83. The van der Waals surface area contributed by atoms with E-state index in [0.29, 0.717) is 38.4 Å². The van der Waals surface area contributed by atoms with Crippen molar-refractivity contribution in [2.75, 3.05) is 19.6 Å². The van der Waals surface area contributed by atoms with Crippen LogP contribution in [0.5, 0.6) is 0 Å². The average Bonchev–Trinajstić information content (AvgIpc) is 2.94. The molecule has 1 atom stereocenters. The Labute approximate surface area is 120 Å². The van der Waals surface area contributed by atoms with E-state index in [4.69, 9.17) is 0 Å². The molecule has 0 saturated carbocycles. The molecule has 5 heteroatoms. The number of carbonyl (C=O) groups excluding carboxylic acids is 1. The molecule has 0 aromatic rings. The van der Waals surface area contributed by atoms with Gasteiger partial charge in [-0.2, -0.15) is 0 Å². The maximum absolute atomic E-state index is 12.5. The summed E-state index contributed by atoms with van der Waals surface area (Å²) < 4.78 is 0. The van der Waals surface area contributed by atoms with E-state index in [-0.39, 0.29) is 6.03 Å². The zero-order valence-electron chi connectivity index (χ0n) is 12.6. The maximum Gasteiger partial charge on any atom is 0.320 e. The van der Waals surface area contributed by atoms with Crippen molar-refractivity contribution in [3.63, 3.8) is 0 Å². The van der Waals surface area contributed by atoms with Crippen LogP contribution in [0, 0.1) is 5.41 Å². The SMILES string of the molecule is CCC1CCCN1C(=O)N1CCC(CC)(C(=O)O)CC1. The van der Waals surface area contributed by atoms with Crippen LogP contribution in [-0.4, -0.2) is 52.6 Å². The predicted octanol–water partition coefficient (Wildman–Crippen LogP) is 2.56. The minimum atomic E-state index is -0.709. The first-order valence-corrected chi connectivity index (χ1v) is 7.83. The Morgan fingerprint density at radius 2 is 1.85 bits per heavy atom. The molecule has 0 spiro atoms. The lowest BCUT2D eigenvalue weighted by Gasteiger charge is -2.40. The Morgan fingerprint density at radius 3 is 2.35 bits per heavy atom. The van der Waals surface area contributed by atoms with Gasteiger partial charge in [-0.05, 0) is 38.5 Å². The van der Waals surface area contributed by atoms with E-state index in [1.54, 1.807) is 0 Å². The smallest absolute Gasteiger partial charge is 0.320 e. The van der Waals surface area contributed by atoms with Crippen LogP contribution < -0.4 is 0 Å². The third-order valence-corrected chi connectivity index (χ3v) is 5.22. The molecule has 2 amide bonds. The molecule has 5 nitrogen and oxygen atoms in total. The van der Waals surface area contributed by atoms with Crippen molar-refractivity contribution < 1.29 is 14.7 Å². The number of likely N-dealkylation sites (tertiary alicyclic amines) is 2. The number of hydrogen-bond donors (Lipinski definition) is 1. The number of carbonyl (C=O) groups is 2. The average molecular weight is 282 g/mol. The quantitative estimate of drug-likeness (QED) is 0.865. The molecule has 114 valence electrons. The summed E-state index contributed by atoms with van der Waals surface area (Å²) in [4.78, 5) is 27.8. The van der Waals surface area contributed by atoms with Crippen LogP contribution >= 0.6 is 0 Å². The normalized spacial score (nSPS) is 25.8. The summed E-state index contributed by atoms with van der Waals surface area (Å²) in [5, 5.41) is 9.39. The molecule has 2 fully saturated rings. The highest BCUT2D eigenvalue weighted by Crippen LogP contribution is 2.36. The van der Waals surface area contributed by atoms with Gasteiger partial charge in [0.25, 0.3) is 0 Å². The topological polar surface area (TPSA) is 60.9 Å². The van der Waals surface area contributed by atoms with Gasteiger partial charge in [-0.1, -0.05) is 13.8 Å². The number of aliphatic carboxylic acids is 1. The molecule has 0 radical (unpaired) electrons. The molecule has 2 heterocycles. The fourth-order valence-corrected chi connectivity index (χ4v) is 3.54. The van der Waals surface area contributed by atoms with Crippen LogP contribution in [0.2, 0.25) is 0 Å². The van der Waals surface area contributed by atoms with Crippen LogP contribution in [0.15, 0.2) is 0 Å². The number of rotatable bonds is 3. The molecular formula is C15H26N2O3. The highest BCUT2D eigenvalue weighted by atomic mass is 16.4. The largest absolute Gasteiger partial charge is 0.481 e. The Kier molecular flexibility index (Phi) is 4.55. The fourth-order valence-electron chi connectivity index (χ4n) is 3.54. The van der Waals surface area contributed by atoms with E-state index >= 15 is 0 Å². The van der Waals surface area contributed by atoms with Gasteiger partial charge in [-0.15, -0.1) is 0 Å². The van der Waals surface area contributed by atoms with E-state index in [1.807, 2.05) is 16.7 Å². The predicted molar refractivity (Wildman–Crippen MR) is 76.6 cm³/mol. The number of hydrogen-bond acceptors (Lipinski definition) is 2. The second kappa shape index (κ2) is 6.02. The summed E-state index contributed by atoms with van der Waals surface area (Å²) in [6, 6.07) is 0.490. The fraction of sp³-hybridized carbons (Fsp3) is 0.867. The minimum Gasteiger partial charge on any atom is -0.481 e. The molecular weight excluding hydrogens is 256 g/mol. The van der Waals surface area contributed by atoms with Crippen LogP contribution in [0.4, 0.5) is 4.79 Å². The van der Waals surface area contributed by atoms with Gasteiger partial charge in [0.1, 0.15) is 0 Å². The first kappa shape index (κ1) is 15.1. The van der Waals surface area contributed by atoms with Gasteiger partial charge in [-0.25, -0.2) is 4.79 Å². The van der Waals surface area contributed by atoms with Crippen LogP contribution in [0.1, 0.15) is 52.4 Å². The first-order chi connectivity index (χ1) is 9.54. The van der Waals surface area contributed by atoms with E-state index in [9.17, 15) is 14.7 Å². The van der Waals surface area contributed by atoms with Crippen molar-refractivity contribution >= 4 is 12.0 Å². The minimum absolute atomic E-state index is 0.115. The van der Waals surface area contributed by atoms with E-state index < -0.39 is 11.4 Å². The van der Waals surface area contributed by atoms with E-state index in [0.717, 1.165) is 25.8 Å². The summed E-state index contributed by atoms with van der Waals surface area (Å²) in [6.45, 7) is 6.06. The number of piperidine rings is 1. The standard InChI is InChI=1S/C15H26N2O3/c1-3-12-6-5-9-17(12)14(20)16-10-7-15(4-2,8-11-16)13(18)19/h12H,3-11H2,1-2H3,(H,18,19). The lowest BCUT2D eigenvalue weighted by atomic mass is 9.76. The molecule has 2 rings (SSSR count). The molecule has 0 aromatic heterocycles. The van der Waals surface area contributed by atoms with Gasteiger partial charge < -0.3 is 14.9 Å². The Bertz CT molecular complexity index is 375. The van der Waals surface area contributed by atoms with Crippen molar-refractivity contribution in [2.45, 2.75) is 58.4 Å². The van der Waals surface area contributed by atoms with Crippen molar-refractivity contribution in [3.8, 4) is 0 Å². The summed E-state index contributed by atoms with van der Waals surface area (Å²) in [5.74, 6) is -0.709. The molecule has 0 bridgehead atoms. The summed E-state index contributed by atoms with van der Waals surface area (Å²) >= 11 is 0. The highest BCUT2D eigenvalue weighted by molar-refractivity contribution is 5.77. The van der Waals surface area contributed by atoms with Crippen molar-refractivity contribution in [1.82, 2.24) is 9.80 Å². The second-order valence-electron chi connectivity index (χ2n) is 6.11. The van der Waals surface area contributed by atoms with Crippen molar-refractivity contribution in [2.24, 2.45) is 5.41 Å². The van der Waals surface area contributed by atoms with Gasteiger partial charge in [0.15, 0.2) is 0 Å². The molecule has 0 aromatic carbocycles.